The monoisotopic (exact) mass is 672 g/mol. The zero-order chi connectivity index (χ0) is 34.9. The fraction of sp³-hybridized carbons (Fsp3) is 0.238. The number of anilines is 1. The molecule has 2 amide bonds. The number of carbonyl (C=O) groups is 2. The zero-order valence-corrected chi connectivity index (χ0v) is 28.3. The van der Waals surface area contributed by atoms with Gasteiger partial charge in [0.25, 0.3) is 5.91 Å². The van der Waals surface area contributed by atoms with E-state index in [2.05, 4.69) is 10.6 Å². The van der Waals surface area contributed by atoms with Crippen molar-refractivity contribution in [2.24, 2.45) is 5.92 Å². The Labute approximate surface area is 292 Å². The van der Waals surface area contributed by atoms with E-state index in [1.807, 2.05) is 84.9 Å². The molecule has 0 heterocycles. The Morgan fingerprint density at radius 1 is 0.720 bits per heavy atom. The summed E-state index contributed by atoms with van der Waals surface area (Å²) in [6, 6.07) is 34.8. The molecule has 1 fully saturated rings. The number of nitrogens with one attached hydrogen (secondary N) is 2. The number of amides is 2. The molecule has 5 aromatic rings. The molecule has 0 aromatic heterocycles. The molecule has 50 heavy (non-hydrogen) atoms. The Bertz CT molecular complexity index is 1940. The lowest BCUT2D eigenvalue weighted by Gasteiger charge is -2.28. The minimum Gasteiger partial charge on any atom is -0.497 e. The zero-order valence-electron chi connectivity index (χ0n) is 28.3. The average Bonchev–Trinajstić information content (AvgIpc) is 3.15. The summed E-state index contributed by atoms with van der Waals surface area (Å²) in [6.07, 6.45) is 3.52. The highest BCUT2D eigenvalue weighted by molar-refractivity contribution is 5.96. The number of halogens is 1. The lowest BCUT2D eigenvalue weighted by Crippen LogP contribution is -2.31. The van der Waals surface area contributed by atoms with Crippen molar-refractivity contribution in [2.75, 3.05) is 26.1 Å². The van der Waals surface area contributed by atoms with Crippen LogP contribution in [0.4, 0.5) is 10.1 Å². The van der Waals surface area contributed by atoms with E-state index >= 15 is 0 Å². The predicted octanol–water partition coefficient (Wildman–Crippen LogP) is 8.73. The van der Waals surface area contributed by atoms with Crippen molar-refractivity contribution in [3.63, 3.8) is 0 Å². The van der Waals surface area contributed by atoms with Crippen molar-refractivity contribution in [1.29, 1.82) is 0 Å². The Balaban J connectivity index is 1.11. The van der Waals surface area contributed by atoms with Gasteiger partial charge in [-0.3, -0.25) is 9.59 Å². The van der Waals surface area contributed by atoms with Crippen molar-refractivity contribution in [3.05, 3.63) is 132 Å². The summed E-state index contributed by atoms with van der Waals surface area (Å²) in [4.78, 5) is 26.1. The quantitative estimate of drug-likeness (QED) is 0.139. The number of hydrogen-bond acceptors (Lipinski definition) is 5. The minimum atomic E-state index is -0.327. The summed E-state index contributed by atoms with van der Waals surface area (Å²) in [5, 5.41) is 6.06. The van der Waals surface area contributed by atoms with Gasteiger partial charge >= 0.3 is 0 Å². The highest BCUT2D eigenvalue weighted by atomic mass is 19.1. The van der Waals surface area contributed by atoms with Crippen LogP contribution in [-0.2, 0) is 11.2 Å². The van der Waals surface area contributed by atoms with Gasteiger partial charge in [0.05, 0.1) is 20.3 Å². The highest BCUT2D eigenvalue weighted by Crippen LogP contribution is 2.34. The molecule has 256 valence electrons. The summed E-state index contributed by atoms with van der Waals surface area (Å²) in [5.74, 6) is 1.51. The van der Waals surface area contributed by atoms with Crippen LogP contribution < -0.4 is 24.8 Å². The molecule has 5 aromatic carbocycles. The lowest BCUT2D eigenvalue weighted by molar-refractivity contribution is -0.121. The normalized spacial score (nSPS) is 15.5. The first kappa shape index (κ1) is 34.2. The summed E-state index contributed by atoms with van der Waals surface area (Å²) in [5.41, 5.74) is 5.50. The number of para-hydroxylation sites is 1. The number of rotatable bonds is 12. The third-order valence-electron chi connectivity index (χ3n) is 9.13. The molecule has 0 spiro atoms. The molecule has 0 aliphatic heterocycles. The van der Waals surface area contributed by atoms with Gasteiger partial charge in [-0.2, -0.15) is 0 Å². The molecule has 0 unspecified atom stereocenters. The summed E-state index contributed by atoms with van der Waals surface area (Å²) < 4.78 is 31.7. The van der Waals surface area contributed by atoms with E-state index in [0.717, 1.165) is 59.2 Å². The van der Waals surface area contributed by atoms with Gasteiger partial charge in [0.1, 0.15) is 23.1 Å². The maximum Gasteiger partial charge on any atom is 0.251 e. The second-order valence-corrected chi connectivity index (χ2v) is 12.4. The number of ether oxygens (including phenoxy) is 3. The molecular weight excluding hydrogens is 631 g/mol. The average molecular weight is 673 g/mol. The molecule has 0 atom stereocenters. The van der Waals surface area contributed by atoms with Gasteiger partial charge in [0.15, 0.2) is 0 Å². The minimum absolute atomic E-state index is 0.0207. The molecule has 0 radical (unpaired) electrons. The fourth-order valence-electron chi connectivity index (χ4n) is 6.45. The molecule has 8 heteroatoms. The van der Waals surface area contributed by atoms with Gasteiger partial charge in [0, 0.05) is 29.3 Å². The van der Waals surface area contributed by atoms with Gasteiger partial charge in [-0.1, -0.05) is 48.5 Å². The Kier molecular flexibility index (Phi) is 11.1. The van der Waals surface area contributed by atoms with Gasteiger partial charge in [-0.05, 0) is 121 Å². The van der Waals surface area contributed by atoms with Crippen LogP contribution >= 0.6 is 0 Å². The first-order valence-corrected chi connectivity index (χ1v) is 16.9. The van der Waals surface area contributed by atoms with Gasteiger partial charge in [-0.15, -0.1) is 0 Å². The van der Waals surface area contributed by atoms with Crippen molar-refractivity contribution in [2.45, 2.75) is 38.2 Å². The standard InChI is InChI=1S/C42H41FN2O5/c1-48-36-13-7-9-31(25-36)39-26-32(17-21-40(39)49-2)41(46)44-23-22-28-14-20-37(27-38(28)30-8-6-10-33(43)24-30)50-35-18-15-29(16-19-35)42(47)45-34-11-4-3-5-12-34/h3-14,17,20-21,24-27,29,35H,15-16,18-19,22-23H2,1-2H3,(H,44,46)(H,45,47). The van der Waals surface area contributed by atoms with E-state index in [0.29, 0.717) is 35.8 Å². The molecule has 1 aliphatic carbocycles. The summed E-state index contributed by atoms with van der Waals surface area (Å²) >= 11 is 0. The molecule has 0 bridgehead atoms. The Hall–Kier alpha value is -5.63. The van der Waals surface area contributed by atoms with Crippen LogP contribution in [0.5, 0.6) is 17.2 Å². The van der Waals surface area contributed by atoms with E-state index in [4.69, 9.17) is 14.2 Å². The van der Waals surface area contributed by atoms with E-state index in [9.17, 15) is 14.0 Å². The van der Waals surface area contributed by atoms with Crippen LogP contribution in [-0.4, -0.2) is 38.7 Å². The third kappa shape index (κ3) is 8.50. The van der Waals surface area contributed by atoms with Crippen LogP contribution in [0.1, 0.15) is 41.6 Å². The van der Waals surface area contributed by atoms with E-state index < -0.39 is 0 Å². The van der Waals surface area contributed by atoms with Gasteiger partial charge < -0.3 is 24.8 Å². The maximum atomic E-state index is 14.4. The first-order chi connectivity index (χ1) is 24.4. The molecule has 2 N–H and O–H groups in total. The van der Waals surface area contributed by atoms with Crippen LogP contribution in [0, 0.1) is 11.7 Å². The van der Waals surface area contributed by atoms with Gasteiger partial charge in [0.2, 0.25) is 5.91 Å². The molecule has 6 rings (SSSR count). The van der Waals surface area contributed by atoms with E-state index in [1.54, 1.807) is 32.4 Å². The van der Waals surface area contributed by atoms with E-state index in [-0.39, 0.29) is 29.7 Å². The number of benzene rings is 5. The Morgan fingerprint density at radius 2 is 1.48 bits per heavy atom. The summed E-state index contributed by atoms with van der Waals surface area (Å²) in [7, 11) is 3.21. The smallest absolute Gasteiger partial charge is 0.251 e. The third-order valence-corrected chi connectivity index (χ3v) is 9.13. The number of methoxy groups -OCH3 is 2. The van der Waals surface area contributed by atoms with Crippen LogP contribution in [0.15, 0.2) is 115 Å². The first-order valence-electron chi connectivity index (χ1n) is 16.9. The maximum absolute atomic E-state index is 14.4. The number of carbonyl (C=O) groups excluding carboxylic acids is 2. The van der Waals surface area contributed by atoms with Crippen molar-refractivity contribution in [3.8, 4) is 39.5 Å². The van der Waals surface area contributed by atoms with E-state index in [1.165, 1.54) is 12.1 Å². The second-order valence-electron chi connectivity index (χ2n) is 12.4. The van der Waals surface area contributed by atoms with Gasteiger partial charge in [-0.25, -0.2) is 4.39 Å². The van der Waals surface area contributed by atoms with Crippen molar-refractivity contribution >= 4 is 17.5 Å². The molecule has 7 nitrogen and oxygen atoms in total. The SMILES string of the molecule is COc1cccc(-c2cc(C(=O)NCCc3ccc(OC4CCC(C(=O)Nc5ccccc5)CC4)cc3-c3cccc(F)c3)ccc2OC)c1. The Morgan fingerprint density at radius 3 is 2.22 bits per heavy atom. The molecular formula is C42H41FN2O5. The second kappa shape index (κ2) is 16.2. The summed E-state index contributed by atoms with van der Waals surface area (Å²) in [6.45, 7) is 0.372. The number of hydrogen-bond donors (Lipinski definition) is 2. The van der Waals surface area contributed by atoms with Crippen LogP contribution in [0.3, 0.4) is 0 Å². The highest BCUT2D eigenvalue weighted by Gasteiger charge is 2.27. The molecule has 0 saturated heterocycles. The van der Waals surface area contributed by atoms with Crippen molar-refractivity contribution in [1.82, 2.24) is 5.32 Å². The van der Waals surface area contributed by atoms with Crippen LogP contribution in [0.2, 0.25) is 0 Å². The topological polar surface area (TPSA) is 85.9 Å². The largest absolute Gasteiger partial charge is 0.497 e. The molecule has 1 aliphatic rings. The van der Waals surface area contributed by atoms with Crippen molar-refractivity contribution < 1.29 is 28.2 Å². The molecule has 1 saturated carbocycles. The van der Waals surface area contributed by atoms with Crippen LogP contribution in [0.25, 0.3) is 22.3 Å². The lowest BCUT2D eigenvalue weighted by atomic mass is 9.86. The predicted molar refractivity (Wildman–Crippen MR) is 194 cm³/mol. The fourth-order valence-corrected chi connectivity index (χ4v) is 6.45.